The minimum absolute atomic E-state index is 0.000567. The minimum atomic E-state index is -0.236. The summed E-state index contributed by atoms with van der Waals surface area (Å²) in [5, 5.41) is 10.6. The van der Waals surface area contributed by atoms with Crippen LogP contribution in [0.15, 0.2) is 47.0 Å². The number of amides is 2. The molecule has 7 heteroatoms. The third kappa shape index (κ3) is 3.87. The molecule has 6 nitrogen and oxygen atoms in total. The Morgan fingerprint density at radius 1 is 1.21 bits per heavy atom. The number of aryl methyl sites for hydroxylation is 1. The summed E-state index contributed by atoms with van der Waals surface area (Å²) in [7, 11) is 0. The van der Waals surface area contributed by atoms with Crippen molar-refractivity contribution in [2.75, 3.05) is 5.32 Å². The van der Waals surface area contributed by atoms with Gasteiger partial charge < -0.3 is 15.2 Å². The lowest BCUT2D eigenvalue weighted by atomic mass is 10.1. The lowest BCUT2D eigenvalue weighted by Crippen LogP contribution is -2.31. The fourth-order valence-corrected chi connectivity index (χ4v) is 3.54. The quantitative estimate of drug-likeness (QED) is 0.625. The van der Waals surface area contributed by atoms with Gasteiger partial charge in [0.2, 0.25) is 0 Å². The van der Waals surface area contributed by atoms with Crippen LogP contribution in [0.25, 0.3) is 11.5 Å². The van der Waals surface area contributed by atoms with Gasteiger partial charge in [0.05, 0.1) is 6.04 Å². The van der Waals surface area contributed by atoms with E-state index in [1.165, 1.54) is 5.56 Å². The van der Waals surface area contributed by atoms with E-state index in [4.69, 9.17) is 16.1 Å². The summed E-state index contributed by atoms with van der Waals surface area (Å²) >= 11 is 6.04. The van der Waals surface area contributed by atoms with Gasteiger partial charge in [-0.15, -0.1) is 0 Å². The Morgan fingerprint density at radius 2 is 2.00 bits per heavy atom. The summed E-state index contributed by atoms with van der Waals surface area (Å²) < 4.78 is 5.29. The van der Waals surface area contributed by atoms with Gasteiger partial charge in [-0.2, -0.15) is 4.98 Å². The molecule has 1 aromatic heterocycles. The molecule has 2 amide bonds. The van der Waals surface area contributed by atoms with E-state index in [-0.39, 0.29) is 18.0 Å². The van der Waals surface area contributed by atoms with Crippen molar-refractivity contribution in [1.29, 1.82) is 0 Å². The van der Waals surface area contributed by atoms with Crippen molar-refractivity contribution in [1.82, 2.24) is 15.5 Å². The SMILES string of the molecule is CC(C)c1noc(-c2ccc(NC(=O)NC3CCc4cc(Cl)ccc43)cc2)n1. The smallest absolute Gasteiger partial charge is 0.319 e. The molecule has 1 aliphatic carbocycles. The highest BCUT2D eigenvalue weighted by molar-refractivity contribution is 6.30. The van der Waals surface area contributed by atoms with Crippen molar-refractivity contribution in [3.8, 4) is 11.5 Å². The number of urea groups is 1. The molecule has 0 radical (unpaired) electrons. The summed E-state index contributed by atoms with van der Waals surface area (Å²) in [4.78, 5) is 16.8. The molecule has 2 aromatic carbocycles. The highest BCUT2D eigenvalue weighted by Crippen LogP contribution is 2.33. The summed E-state index contributed by atoms with van der Waals surface area (Å²) in [5.41, 5.74) is 3.83. The highest BCUT2D eigenvalue weighted by atomic mass is 35.5. The second-order valence-electron chi connectivity index (χ2n) is 7.22. The molecule has 0 saturated carbocycles. The molecule has 28 heavy (non-hydrogen) atoms. The molecule has 0 spiro atoms. The fraction of sp³-hybridized carbons (Fsp3) is 0.286. The number of halogens is 1. The Bertz CT molecular complexity index is 998. The molecule has 1 unspecified atom stereocenters. The van der Waals surface area contributed by atoms with E-state index in [1.807, 2.05) is 56.3 Å². The van der Waals surface area contributed by atoms with Gasteiger partial charge in [0, 0.05) is 22.2 Å². The molecule has 1 heterocycles. The molecule has 0 fully saturated rings. The largest absolute Gasteiger partial charge is 0.334 e. The molecular weight excluding hydrogens is 376 g/mol. The number of carbonyl (C=O) groups is 1. The summed E-state index contributed by atoms with van der Waals surface area (Å²) in [6.45, 7) is 4.02. The number of nitrogens with one attached hydrogen (secondary N) is 2. The summed E-state index contributed by atoms with van der Waals surface area (Å²) in [5.74, 6) is 1.36. The van der Waals surface area contributed by atoms with E-state index in [0.717, 1.165) is 29.0 Å². The normalized spacial score (nSPS) is 15.5. The Hall–Kier alpha value is -2.86. The first-order chi connectivity index (χ1) is 13.5. The van der Waals surface area contributed by atoms with Crippen molar-refractivity contribution in [2.24, 2.45) is 0 Å². The van der Waals surface area contributed by atoms with Crippen LogP contribution < -0.4 is 10.6 Å². The maximum atomic E-state index is 12.4. The number of rotatable bonds is 4. The van der Waals surface area contributed by atoms with Crippen LogP contribution in [0.4, 0.5) is 10.5 Å². The zero-order valence-corrected chi connectivity index (χ0v) is 16.5. The minimum Gasteiger partial charge on any atom is -0.334 e. The van der Waals surface area contributed by atoms with Crippen molar-refractivity contribution in [2.45, 2.75) is 38.6 Å². The molecule has 1 atom stereocenters. The molecule has 4 rings (SSSR count). The fourth-order valence-electron chi connectivity index (χ4n) is 3.34. The molecule has 144 valence electrons. The maximum Gasteiger partial charge on any atom is 0.319 e. The van der Waals surface area contributed by atoms with Gasteiger partial charge in [0.15, 0.2) is 5.82 Å². The van der Waals surface area contributed by atoms with Crippen LogP contribution in [-0.2, 0) is 6.42 Å². The molecule has 3 aromatic rings. The van der Waals surface area contributed by atoms with Crippen LogP contribution in [0.5, 0.6) is 0 Å². The third-order valence-corrected chi connectivity index (χ3v) is 5.07. The zero-order valence-electron chi connectivity index (χ0n) is 15.7. The van der Waals surface area contributed by atoms with Gasteiger partial charge in [-0.05, 0) is 60.4 Å². The summed E-state index contributed by atoms with van der Waals surface area (Å²) in [6, 6.07) is 12.9. The van der Waals surface area contributed by atoms with Crippen LogP contribution in [0.3, 0.4) is 0 Å². The number of carbonyl (C=O) groups excluding carboxylic acids is 1. The van der Waals surface area contributed by atoms with Crippen molar-refractivity contribution < 1.29 is 9.32 Å². The Morgan fingerprint density at radius 3 is 2.71 bits per heavy atom. The third-order valence-electron chi connectivity index (χ3n) is 4.84. The first-order valence-corrected chi connectivity index (χ1v) is 9.67. The average Bonchev–Trinajstić information content (AvgIpc) is 3.30. The van der Waals surface area contributed by atoms with Gasteiger partial charge in [0.1, 0.15) is 0 Å². The predicted molar refractivity (Wildman–Crippen MR) is 108 cm³/mol. The van der Waals surface area contributed by atoms with E-state index in [1.54, 1.807) is 0 Å². The van der Waals surface area contributed by atoms with Crippen LogP contribution >= 0.6 is 11.6 Å². The van der Waals surface area contributed by atoms with Gasteiger partial charge in [-0.3, -0.25) is 0 Å². The average molecular weight is 397 g/mol. The Labute approximate surface area is 168 Å². The van der Waals surface area contributed by atoms with E-state index < -0.39 is 0 Å². The number of aromatic nitrogens is 2. The molecule has 1 aliphatic rings. The molecule has 0 saturated heterocycles. The van der Waals surface area contributed by atoms with Gasteiger partial charge in [-0.25, -0.2) is 4.79 Å². The number of benzene rings is 2. The maximum absolute atomic E-state index is 12.4. The van der Waals surface area contributed by atoms with Crippen LogP contribution in [0.1, 0.15) is 49.2 Å². The zero-order chi connectivity index (χ0) is 19.7. The number of hydrogen-bond acceptors (Lipinski definition) is 4. The number of fused-ring (bicyclic) bond motifs is 1. The van der Waals surface area contributed by atoms with Gasteiger partial charge >= 0.3 is 6.03 Å². The number of hydrogen-bond donors (Lipinski definition) is 2. The predicted octanol–water partition coefficient (Wildman–Crippen LogP) is 5.32. The Balaban J connectivity index is 1.39. The van der Waals surface area contributed by atoms with Crippen molar-refractivity contribution >= 4 is 23.3 Å². The molecule has 0 aliphatic heterocycles. The number of anilines is 1. The molecule has 0 bridgehead atoms. The van der Waals surface area contributed by atoms with E-state index in [2.05, 4.69) is 20.8 Å². The van der Waals surface area contributed by atoms with Gasteiger partial charge in [-0.1, -0.05) is 36.7 Å². The molecule has 2 N–H and O–H groups in total. The van der Waals surface area contributed by atoms with E-state index in [0.29, 0.717) is 17.4 Å². The summed E-state index contributed by atoms with van der Waals surface area (Å²) in [6.07, 6.45) is 1.79. The van der Waals surface area contributed by atoms with Crippen LogP contribution in [-0.4, -0.2) is 16.2 Å². The first-order valence-electron chi connectivity index (χ1n) is 9.29. The second-order valence-corrected chi connectivity index (χ2v) is 7.66. The van der Waals surface area contributed by atoms with Crippen molar-refractivity contribution in [3.05, 3.63) is 64.4 Å². The van der Waals surface area contributed by atoms with Crippen LogP contribution in [0, 0.1) is 0 Å². The van der Waals surface area contributed by atoms with Gasteiger partial charge in [0.25, 0.3) is 5.89 Å². The van der Waals surface area contributed by atoms with E-state index in [9.17, 15) is 4.79 Å². The first kappa shape index (κ1) is 18.5. The lowest BCUT2D eigenvalue weighted by Gasteiger charge is -2.15. The standard InChI is InChI=1S/C21H21ClN4O2/c1-12(2)19-25-20(28-26-19)13-3-7-16(8-4-13)23-21(27)24-18-10-5-14-11-15(22)6-9-17(14)18/h3-4,6-9,11-12,18H,5,10H2,1-2H3,(H2,23,24,27). The molecular formula is C21H21ClN4O2. The highest BCUT2D eigenvalue weighted by Gasteiger charge is 2.24. The lowest BCUT2D eigenvalue weighted by molar-refractivity contribution is 0.248. The topological polar surface area (TPSA) is 80.0 Å². The monoisotopic (exact) mass is 396 g/mol. The number of nitrogens with zero attached hydrogens (tertiary/aromatic N) is 2. The van der Waals surface area contributed by atoms with Crippen LogP contribution in [0.2, 0.25) is 5.02 Å². The van der Waals surface area contributed by atoms with Crippen molar-refractivity contribution in [3.63, 3.8) is 0 Å². The second kappa shape index (κ2) is 7.64. The Kier molecular flexibility index (Phi) is 5.05. The van der Waals surface area contributed by atoms with E-state index >= 15 is 0 Å².